The first kappa shape index (κ1) is 17.0. The lowest BCUT2D eigenvalue weighted by Gasteiger charge is -2.31. The molecule has 0 radical (unpaired) electrons. The molecule has 0 bridgehead atoms. The van der Waals surface area contributed by atoms with E-state index in [0.717, 1.165) is 36.4 Å². The van der Waals surface area contributed by atoms with Crippen LogP contribution in [0.5, 0.6) is 11.5 Å². The van der Waals surface area contributed by atoms with Crippen LogP contribution in [0.3, 0.4) is 0 Å². The molecule has 0 spiro atoms. The van der Waals surface area contributed by atoms with Crippen LogP contribution in [-0.2, 0) is 9.53 Å². The van der Waals surface area contributed by atoms with Crippen molar-refractivity contribution >= 4 is 5.91 Å². The minimum Gasteiger partial charge on any atom is -0.497 e. The van der Waals surface area contributed by atoms with Gasteiger partial charge in [0.2, 0.25) is 5.91 Å². The maximum Gasteiger partial charge on any atom is 0.236 e. The molecule has 1 amide bonds. The number of benzene rings is 1. The quantitative estimate of drug-likeness (QED) is 0.820. The zero-order chi connectivity index (χ0) is 16.9. The summed E-state index contributed by atoms with van der Waals surface area (Å²) < 4.78 is 16.2. The number of carbonyl (C=O) groups is 1. The molecule has 1 unspecified atom stereocenters. The molecule has 2 fully saturated rings. The average molecular weight is 334 g/mol. The zero-order valence-corrected chi connectivity index (χ0v) is 14.5. The lowest BCUT2D eigenvalue weighted by Crippen LogP contribution is -2.45. The molecule has 0 N–H and O–H groups in total. The molecule has 0 aromatic heterocycles. The van der Waals surface area contributed by atoms with Gasteiger partial charge in [-0.2, -0.15) is 0 Å². The Hall–Kier alpha value is -1.79. The summed E-state index contributed by atoms with van der Waals surface area (Å²) >= 11 is 0. The fourth-order valence-corrected chi connectivity index (χ4v) is 3.55. The predicted molar refractivity (Wildman–Crippen MR) is 90.5 cm³/mol. The molecule has 2 aliphatic rings. The fourth-order valence-electron chi connectivity index (χ4n) is 3.55. The van der Waals surface area contributed by atoms with Crippen LogP contribution in [0.25, 0.3) is 0 Å². The average Bonchev–Trinajstić information content (AvgIpc) is 3.09. The molecule has 6 nitrogen and oxygen atoms in total. The van der Waals surface area contributed by atoms with Crippen molar-refractivity contribution in [3.8, 4) is 11.5 Å². The monoisotopic (exact) mass is 334 g/mol. The summed E-state index contributed by atoms with van der Waals surface area (Å²) in [6.45, 7) is 4.07. The van der Waals surface area contributed by atoms with E-state index in [-0.39, 0.29) is 11.9 Å². The van der Waals surface area contributed by atoms with Crippen molar-refractivity contribution in [2.24, 2.45) is 0 Å². The van der Waals surface area contributed by atoms with Crippen LogP contribution < -0.4 is 9.47 Å². The highest BCUT2D eigenvalue weighted by Gasteiger charge is 2.31. The number of carbonyl (C=O) groups excluding carboxylic acids is 1. The van der Waals surface area contributed by atoms with Crippen molar-refractivity contribution in [3.63, 3.8) is 0 Å². The summed E-state index contributed by atoms with van der Waals surface area (Å²) in [6, 6.07) is 6.14. The van der Waals surface area contributed by atoms with E-state index in [1.807, 2.05) is 17.0 Å². The maximum absolute atomic E-state index is 12.6. The highest BCUT2D eigenvalue weighted by atomic mass is 16.5. The van der Waals surface area contributed by atoms with Gasteiger partial charge in [-0.1, -0.05) is 6.07 Å². The van der Waals surface area contributed by atoms with Gasteiger partial charge in [-0.05, 0) is 25.5 Å². The lowest BCUT2D eigenvalue weighted by atomic mass is 10.0. The summed E-state index contributed by atoms with van der Waals surface area (Å²) in [7, 11) is 3.33. The molecule has 132 valence electrons. The number of likely N-dealkylation sites (tertiary alicyclic amines) is 1. The van der Waals surface area contributed by atoms with E-state index in [9.17, 15) is 4.79 Å². The minimum absolute atomic E-state index is 0.192. The number of hydrogen-bond donors (Lipinski definition) is 0. The Labute approximate surface area is 143 Å². The van der Waals surface area contributed by atoms with Crippen molar-refractivity contribution in [2.45, 2.75) is 18.9 Å². The Kier molecular flexibility index (Phi) is 5.58. The second-order valence-electron chi connectivity index (χ2n) is 6.23. The van der Waals surface area contributed by atoms with Crippen LogP contribution in [0.2, 0.25) is 0 Å². The number of hydrogen-bond acceptors (Lipinski definition) is 5. The molecular formula is C18H26N2O4. The third kappa shape index (κ3) is 3.65. The second-order valence-corrected chi connectivity index (χ2v) is 6.23. The van der Waals surface area contributed by atoms with Crippen LogP contribution in [0, 0.1) is 0 Å². The second kappa shape index (κ2) is 7.85. The maximum atomic E-state index is 12.6. The molecular weight excluding hydrogens is 308 g/mol. The Bertz CT molecular complexity index is 572. The van der Waals surface area contributed by atoms with E-state index in [4.69, 9.17) is 14.2 Å². The van der Waals surface area contributed by atoms with Crippen LogP contribution in [-0.4, -0.2) is 69.3 Å². The van der Waals surface area contributed by atoms with Crippen LogP contribution in [0.1, 0.15) is 24.4 Å². The van der Waals surface area contributed by atoms with Gasteiger partial charge in [0.15, 0.2) is 0 Å². The van der Waals surface area contributed by atoms with Gasteiger partial charge in [0.1, 0.15) is 11.5 Å². The van der Waals surface area contributed by atoms with Crippen LogP contribution in [0.15, 0.2) is 18.2 Å². The fraction of sp³-hybridized carbons (Fsp3) is 0.611. The first-order valence-electron chi connectivity index (χ1n) is 8.54. The standard InChI is InChI=1S/C18H26N2O4/c1-22-14-5-6-15(17(12-14)23-2)16-4-3-7-20(16)13-18(21)19-8-10-24-11-9-19/h5-6,12,16H,3-4,7-11,13H2,1-2H3. The number of amides is 1. The van der Waals surface area contributed by atoms with Gasteiger partial charge in [0, 0.05) is 30.8 Å². The SMILES string of the molecule is COc1ccc(C2CCCN2CC(=O)N2CCOCC2)c(OC)c1. The van der Waals surface area contributed by atoms with Gasteiger partial charge in [-0.3, -0.25) is 9.69 Å². The van der Waals surface area contributed by atoms with Gasteiger partial charge >= 0.3 is 0 Å². The Morgan fingerprint density at radius 1 is 1.21 bits per heavy atom. The molecule has 2 aliphatic heterocycles. The summed E-state index contributed by atoms with van der Waals surface area (Å²) in [5, 5.41) is 0. The zero-order valence-electron chi connectivity index (χ0n) is 14.5. The Morgan fingerprint density at radius 3 is 2.71 bits per heavy atom. The normalized spacial score (nSPS) is 21.8. The summed E-state index contributed by atoms with van der Waals surface area (Å²) in [6.07, 6.45) is 2.13. The molecule has 1 aromatic carbocycles. The topological polar surface area (TPSA) is 51.2 Å². The van der Waals surface area contributed by atoms with Crippen molar-refractivity contribution in [2.75, 3.05) is 53.6 Å². The first-order valence-corrected chi connectivity index (χ1v) is 8.54. The number of rotatable bonds is 5. The summed E-state index contributed by atoms with van der Waals surface area (Å²) in [4.78, 5) is 16.7. The van der Waals surface area contributed by atoms with E-state index in [0.29, 0.717) is 32.8 Å². The molecule has 2 saturated heterocycles. The minimum atomic E-state index is 0.192. The van der Waals surface area contributed by atoms with E-state index in [2.05, 4.69) is 11.0 Å². The van der Waals surface area contributed by atoms with Crippen LogP contribution >= 0.6 is 0 Å². The molecule has 3 rings (SSSR count). The molecule has 1 atom stereocenters. The molecule has 0 aliphatic carbocycles. The van der Waals surface area contributed by atoms with E-state index in [1.54, 1.807) is 14.2 Å². The van der Waals surface area contributed by atoms with Gasteiger partial charge in [-0.15, -0.1) is 0 Å². The lowest BCUT2D eigenvalue weighted by molar-refractivity contribution is -0.136. The Morgan fingerprint density at radius 2 is 2.00 bits per heavy atom. The van der Waals surface area contributed by atoms with E-state index in [1.165, 1.54) is 0 Å². The highest BCUT2D eigenvalue weighted by Crippen LogP contribution is 2.38. The third-order valence-electron chi connectivity index (χ3n) is 4.87. The number of morpholine rings is 1. The first-order chi connectivity index (χ1) is 11.7. The predicted octanol–water partition coefficient (Wildman–Crippen LogP) is 1.70. The smallest absolute Gasteiger partial charge is 0.236 e. The van der Waals surface area contributed by atoms with Crippen molar-refractivity contribution in [1.29, 1.82) is 0 Å². The molecule has 2 heterocycles. The van der Waals surface area contributed by atoms with Crippen molar-refractivity contribution in [1.82, 2.24) is 9.80 Å². The van der Waals surface area contributed by atoms with E-state index < -0.39 is 0 Å². The molecule has 1 aromatic rings. The molecule has 6 heteroatoms. The molecule has 0 saturated carbocycles. The number of methoxy groups -OCH3 is 2. The highest BCUT2D eigenvalue weighted by molar-refractivity contribution is 5.78. The summed E-state index contributed by atoms with van der Waals surface area (Å²) in [5.74, 6) is 1.80. The van der Waals surface area contributed by atoms with Gasteiger partial charge in [0.05, 0.1) is 34.0 Å². The van der Waals surface area contributed by atoms with Gasteiger partial charge in [0.25, 0.3) is 0 Å². The van der Waals surface area contributed by atoms with E-state index >= 15 is 0 Å². The van der Waals surface area contributed by atoms with Crippen LogP contribution in [0.4, 0.5) is 0 Å². The Balaban J connectivity index is 1.72. The summed E-state index contributed by atoms with van der Waals surface area (Å²) in [5.41, 5.74) is 1.13. The number of ether oxygens (including phenoxy) is 3. The van der Waals surface area contributed by atoms with Gasteiger partial charge in [-0.25, -0.2) is 0 Å². The molecule has 24 heavy (non-hydrogen) atoms. The largest absolute Gasteiger partial charge is 0.497 e. The third-order valence-corrected chi connectivity index (χ3v) is 4.87. The number of nitrogens with zero attached hydrogens (tertiary/aromatic N) is 2. The van der Waals surface area contributed by atoms with Crippen molar-refractivity contribution in [3.05, 3.63) is 23.8 Å². The van der Waals surface area contributed by atoms with Crippen molar-refractivity contribution < 1.29 is 19.0 Å². The van der Waals surface area contributed by atoms with Gasteiger partial charge < -0.3 is 19.1 Å².